The van der Waals surface area contributed by atoms with E-state index in [1.54, 1.807) is 0 Å². The molecule has 3 aromatic heterocycles. The fourth-order valence-corrected chi connectivity index (χ4v) is 5.84. The molecular weight excluding hydrogens is 446 g/mol. The summed E-state index contributed by atoms with van der Waals surface area (Å²) in [5, 5.41) is 10.0. The second-order valence-corrected chi connectivity index (χ2v) is 9.24. The Bertz CT molecular complexity index is 2010. The Labute approximate surface area is 184 Å². The zero-order valence-corrected chi connectivity index (χ0v) is 17.9. The molecular formula is C28H14BrNO. The van der Waals surface area contributed by atoms with Crippen molar-refractivity contribution in [2.45, 2.75) is 0 Å². The number of aromatic nitrogens is 1. The Morgan fingerprint density at radius 1 is 0.581 bits per heavy atom. The first-order valence-electron chi connectivity index (χ1n) is 10.4. The molecule has 0 radical (unpaired) electrons. The predicted molar refractivity (Wildman–Crippen MR) is 134 cm³/mol. The minimum atomic E-state index is 0.913. The maximum Gasteiger partial charge on any atom is 0.136 e. The van der Waals surface area contributed by atoms with Crippen LogP contribution in [0.25, 0.3) is 70.8 Å². The maximum absolute atomic E-state index is 6.19. The van der Waals surface area contributed by atoms with Gasteiger partial charge in [-0.05, 0) is 53.2 Å². The van der Waals surface area contributed by atoms with Gasteiger partial charge in [0.25, 0.3) is 0 Å². The molecule has 3 heteroatoms. The molecule has 0 saturated carbocycles. The van der Waals surface area contributed by atoms with Crippen LogP contribution in [0.5, 0.6) is 0 Å². The number of halogens is 1. The van der Waals surface area contributed by atoms with E-state index in [4.69, 9.17) is 4.42 Å². The van der Waals surface area contributed by atoms with Crippen LogP contribution in [0.15, 0.2) is 93.8 Å². The first-order valence-corrected chi connectivity index (χ1v) is 11.2. The van der Waals surface area contributed by atoms with E-state index in [9.17, 15) is 0 Å². The Balaban J connectivity index is 1.65. The maximum atomic E-state index is 6.19. The molecule has 0 spiro atoms. The van der Waals surface area contributed by atoms with Crippen LogP contribution >= 0.6 is 15.9 Å². The lowest BCUT2D eigenvalue weighted by Gasteiger charge is -2.03. The minimum absolute atomic E-state index is 0.913. The van der Waals surface area contributed by atoms with Crippen molar-refractivity contribution >= 4 is 86.7 Å². The van der Waals surface area contributed by atoms with Crippen LogP contribution in [0.2, 0.25) is 0 Å². The highest BCUT2D eigenvalue weighted by molar-refractivity contribution is 9.10. The minimum Gasteiger partial charge on any atom is -0.456 e. The number of para-hydroxylation sites is 2. The molecule has 0 bridgehead atoms. The van der Waals surface area contributed by atoms with Crippen LogP contribution < -0.4 is 0 Å². The first-order chi connectivity index (χ1) is 15.3. The SMILES string of the molecule is Brc1ccc2c(c1)oc1cc3ccc4c(c3cc12)c1cccc2c3ccccc3n4c21. The van der Waals surface area contributed by atoms with Gasteiger partial charge in [0.15, 0.2) is 0 Å². The summed E-state index contributed by atoms with van der Waals surface area (Å²) in [4.78, 5) is 0. The Kier molecular flexibility index (Phi) is 2.80. The van der Waals surface area contributed by atoms with E-state index in [-0.39, 0.29) is 0 Å². The topological polar surface area (TPSA) is 17.6 Å². The van der Waals surface area contributed by atoms with Crippen LogP contribution in [0, 0.1) is 0 Å². The summed E-state index contributed by atoms with van der Waals surface area (Å²) >= 11 is 3.56. The molecule has 5 aromatic carbocycles. The lowest BCUT2D eigenvalue weighted by Crippen LogP contribution is -1.81. The van der Waals surface area contributed by atoms with E-state index in [2.05, 4.69) is 99.2 Å². The van der Waals surface area contributed by atoms with Crippen molar-refractivity contribution in [1.29, 1.82) is 0 Å². The average Bonchev–Trinajstić information content (AvgIpc) is 3.43. The molecule has 0 saturated heterocycles. The fraction of sp³-hybridized carbons (Fsp3) is 0. The molecule has 0 aliphatic carbocycles. The summed E-state index contributed by atoms with van der Waals surface area (Å²) in [6.45, 7) is 0. The number of furan rings is 1. The monoisotopic (exact) mass is 459 g/mol. The third-order valence-electron chi connectivity index (χ3n) is 6.76. The van der Waals surface area contributed by atoms with Gasteiger partial charge in [-0.3, -0.25) is 0 Å². The summed E-state index contributed by atoms with van der Waals surface area (Å²) in [6, 6.07) is 30.6. The Hall–Kier alpha value is -3.56. The van der Waals surface area contributed by atoms with E-state index in [1.807, 2.05) is 6.07 Å². The highest BCUT2D eigenvalue weighted by atomic mass is 79.9. The van der Waals surface area contributed by atoms with Crippen LogP contribution in [0.3, 0.4) is 0 Å². The Morgan fingerprint density at radius 2 is 1.42 bits per heavy atom. The van der Waals surface area contributed by atoms with Crippen molar-refractivity contribution in [2.24, 2.45) is 0 Å². The van der Waals surface area contributed by atoms with Crippen molar-refractivity contribution in [3.63, 3.8) is 0 Å². The predicted octanol–water partition coefficient (Wildman–Crippen LogP) is 8.65. The molecule has 0 amide bonds. The normalized spacial score (nSPS) is 12.7. The van der Waals surface area contributed by atoms with Crippen molar-refractivity contribution in [3.05, 3.63) is 89.4 Å². The van der Waals surface area contributed by atoms with E-state index >= 15 is 0 Å². The number of hydrogen-bond acceptors (Lipinski definition) is 1. The first kappa shape index (κ1) is 16.2. The molecule has 144 valence electrons. The van der Waals surface area contributed by atoms with Crippen molar-refractivity contribution in [1.82, 2.24) is 4.40 Å². The molecule has 0 N–H and O–H groups in total. The van der Waals surface area contributed by atoms with Gasteiger partial charge in [0.1, 0.15) is 11.2 Å². The van der Waals surface area contributed by atoms with Crippen molar-refractivity contribution in [3.8, 4) is 0 Å². The van der Waals surface area contributed by atoms with Gasteiger partial charge in [0.05, 0.1) is 16.6 Å². The number of rotatable bonds is 0. The summed E-state index contributed by atoms with van der Waals surface area (Å²) < 4.78 is 9.65. The summed E-state index contributed by atoms with van der Waals surface area (Å²) in [5.74, 6) is 0. The Morgan fingerprint density at radius 3 is 2.39 bits per heavy atom. The third-order valence-corrected chi connectivity index (χ3v) is 7.25. The molecule has 0 aliphatic heterocycles. The molecule has 31 heavy (non-hydrogen) atoms. The van der Waals surface area contributed by atoms with Crippen LogP contribution in [-0.2, 0) is 0 Å². The standard InChI is InChI=1S/C28H14BrNO/c29-16-9-10-18-22-14-21-15(12-25(22)31-26(18)13-16)8-11-24-27(21)20-6-3-5-19-17-4-1-2-7-23(17)30(24)28(19)20/h1-14H. The molecule has 0 unspecified atom stereocenters. The van der Waals surface area contributed by atoms with Crippen LogP contribution in [-0.4, -0.2) is 4.40 Å². The van der Waals surface area contributed by atoms with Gasteiger partial charge in [0.2, 0.25) is 0 Å². The van der Waals surface area contributed by atoms with E-state index in [1.165, 1.54) is 48.9 Å². The van der Waals surface area contributed by atoms with Gasteiger partial charge >= 0.3 is 0 Å². The summed E-state index contributed by atoms with van der Waals surface area (Å²) in [7, 11) is 0. The van der Waals surface area contributed by atoms with E-state index < -0.39 is 0 Å². The van der Waals surface area contributed by atoms with Gasteiger partial charge < -0.3 is 8.82 Å². The molecule has 2 nitrogen and oxygen atoms in total. The summed E-state index contributed by atoms with van der Waals surface area (Å²) in [5.41, 5.74) is 5.68. The van der Waals surface area contributed by atoms with Crippen molar-refractivity contribution in [2.75, 3.05) is 0 Å². The number of hydrogen-bond donors (Lipinski definition) is 0. The zero-order chi connectivity index (χ0) is 20.3. The van der Waals surface area contributed by atoms with Crippen molar-refractivity contribution < 1.29 is 4.42 Å². The molecule has 8 rings (SSSR count). The molecule has 8 aromatic rings. The van der Waals surface area contributed by atoms with E-state index in [0.717, 1.165) is 26.4 Å². The highest BCUT2D eigenvalue weighted by Crippen LogP contribution is 2.43. The summed E-state index contributed by atoms with van der Waals surface area (Å²) in [6.07, 6.45) is 0. The van der Waals surface area contributed by atoms with Crippen LogP contribution in [0.4, 0.5) is 0 Å². The largest absolute Gasteiger partial charge is 0.456 e. The number of fused-ring (bicyclic) bond motifs is 11. The lowest BCUT2D eigenvalue weighted by molar-refractivity contribution is 0.669. The van der Waals surface area contributed by atoms with Gasteiger partial charge in [-0.1, -0.05) is 58.4 Å². The van der Waals surface area contributed by atoms with Gasteiger partial charge in [-0.25, -0.2) is 0 Å². The fourth-order valence-electron chi connectivity index (χ4n) is 5.50. The van der Waals surface area contributed by atoms with E-state index in [0.29, 0.717) is 0 Å². The second-order valence-electron chi connectivity index (χ2n) is 8.33. The van der Waals surface area contributed by atoms with Crippen LogP contribution in [0.1, 0.15) is 0 Å². The molecule has 0 fully saturated rings. The highest BCUT2D eigenvalue weighted by Gasteiger charge is 2.19. The second kappa shape index (κ2) is 5.37. The average molecular weight is 460 g/mol. The third kappa shape index (κ3) is 1.89. The van der Waals surface area contributed by atoms with Gasteiger partial charge in [0, 0.05) is 36.8 Å². The quantitative estimate of drug-likeness (QED) is 0.221. The number of nitrogens with zero attached hydrogens (tertiary/aromatic N) is 1. The molecule has 0 atom stereocenters. The smallest absolute Gasteiger partial charge is 0.136 e. The van der Waals surface area contributed by atoms with Gasteiger partial charge in [-0.2, -0.15) is 0 Å². The number of benzene rings is 5. The lowest BCUT2D eigenvalue weighted by atomic mass is 10.00. The molecule has 3 heterocycles. The molecule has 0 aliphatic rings. The zero-order valence-electron chi connectivity index (χ0n) is 16.3. The van der Waals surface area contributed by atoms with Gasteiger partial charge in [-0.15, -0.1) is 0 Å².